The van der Waals surface area contributed by atoms with Gasteiger partial charge >= 0.3 is 0 Å². The van der Waals surface area contributed by atoms with Crippen molar-refractivity contribution < 1.29 is 4.74 Å². The maximum Gasteiger partial charge on any atom is 0.221 e. The lowest BCUT2D eigenvalue weighted by Gasteiger charge is -2.11. The van der Waals surface area contributed by atoms with E-state index in [0.717, 1.165) is 22.2 Å². The smallest absolute Gasteiger partial charge is 0.221 e. The third-order valence-corrected chi connectivity index (χ3v) is 3.77. The minimum absolute atomic E-state index is 0.0499. The van der Waals surface area contributed by atoms with Gasteiger partial charge in [-0.3, -0.25) is 0 Å². The summed E-state index contributed by atoms with van der Waals surface area (Å²) in [5.74, 6) is 1.41. The van der Waals surface area contributed by atoms with Gasteiger partial charge in [-0.25, -0.2) is 4.68 Å². The van der Waals surface area contributed by atoms with Gasteiger partial charge in [0.1, 0.15) is 5.75 Å². The van der Waals surface area contributed by atoms with E-state index in [1.54, 1.807) is 16.8 Å². The normalized spacial score (nSPS) is 12.5. The molecule has 0 radical (unpaired) electrons. The van der Waals surface area contributed by atoms with E-state index in [1.165, 1.54) is 0 Å². The number of nitrogens with zero attached hydrogens (tertiary/aromatic N) is 2. The largest absolute Gasteiger partial charge is 0.438 e. The Balaban J connectivity index is 2.37. The topological polar surface area (TPSA) is 53.1 Å². The molecule has 108 valence electrons. The number of aryl methyl sites for hydroxylation is 2. The zero-order chi connectivity index (χ0) is 14.9. The van der Waals surface area contributed by atoms with Crippen molar-refractivity contribution >= 4 is 27.5 Å². The van der Waals surface area contributed by atoms with Gasteiger partial charge in [-0.15, -0.1) is 0 Å². The summed E-state index contributed by atoms with van der Waals surface area (Å²) in [4.78, 5) is 0. The molecular weight excluding hydrogens is 342 g/mol. The van der Waals surface area contributed by atoms with Crippen LogP contribution in [0.15, 0.2) is 22.7 Å². The molecule has 0 bridgehead atoms. The van der Waals surface area contributed by atoms with Crippen LogP contribution in [0.1, 0.15) is 18.2 Å². The lowest BCUT2D eigenvalue weighted by Crippen LogP contribution is -2.18. The maximum absolute atomic E-state index is 5.99. The van der Waals surface area contributed by atoms with Gasteiger partial charge < -0.3 is 10.5 Å². The molecule has 1 heterocycles. The second kappa shape index (κ2) is 6.16. The highest BCUT2D eigenvalue weighted by Gasteiger charge is 2.17. The minimum Gasteiger partial charge on any atom is -0.438 e. The molecule has 0 spiro atoms. The van der Waals surface area contributed by atoms with Gasteiger partial charge in [0.15, 0.2) is 0 Å². The van der Waals surface area contributed by atoms with Crippen LogP contribution in [-0.2, 0) is 13.5 Å². The van der Waals surface area contributed by atoms with Crippen LogP contribution in [0.5, 0.6) is 11.6 Å². The monoisotopic (exact) mass is 357 g/mol. The van der Waals surface area contributed by atoms with Crippen LogP contribution in [0.3, 0.4) is 0 Å². The fourth-order valence-corrected chi connectivity index (χ4v) is 2.79. The summed E-state index contributed by atoms with van der Waals surface area (Å²) in [6.07, 6.45) is 0.722. The van der Waals surface area contributed by atoms with E-state index in [-0.39, 0.29) is 6.04 Å². The fourth-order valence-electron chi connectivity index (χ4n) is 2.03. The van der Waals surface area contributed by atoms with E-state index < -0.39 is 0 Å². The van der Waals surface area contributed by atoms with Crippen molar-refractivity contribution in [2.45, 2.75) is 26.3 Å². The van der Waals surface area contributed by atoms with Crippen molar-refractivity contribution in [3.05, 3.63) is 39.0 Å². The SMILES string of the molecule is Cc1nn(C)c(Oc2ccc(Cl)cc2Br)c1CC(C)N. The van der Waals surface area contributed by atoms with Gasteiger partial charge in [-0.05, 0) is 54.4 Å². The van der Waals surface area contributed by atoms with Gasteiger partial charge in [0.2, 0.25) is 5.88 Å². The summed E-state index contributed by atoms with van der Waals surface area (Å²) < 4.78 is 8.52. The molecule has 6 heteroatoms. The van der Waals surface area contributed by atoms with E-state index in [9.17, 15) is 0 Å². The highest BCUT2D eigenvalue weighted by Crippen LogP contribution is 2.34. The van der Waals surface area contributed by atoms with E-state index in [0.29, 0.717) is 16.7 Å². The Kier molecular flexibility index (Phi) is 4.73. The number of nitrogens with two attached hydrogens (primary N) is 1. The molecule has 0 amide bonds. The van der Waals surface area contributed by atoms with Crippen LogP contribution in [0.2, 0.25) is 5.02 Å². The van der Waals surface area contributed by atoms with E-state index in [4.69, 9.17) is 22.1 Å². The number of rotatable bonds is 4. The minimum atomic E-state index is 0.0499. The van der Waals surface area contributed by atoms with Crippen molar-refractivity contribution in [1.82, 2.24) is 9.78 Å². The number of benzene rings is 1. The average Bonchev–Trinajstić information content (AvgIpc) is 2.58. The van der Waals surface area contributed by atoms with Crippen LogP contribution in [0.4, 0.5) is 0 Å². The summed E-state index contributed by atoms with van der Waals surface area (Å²) in [6, 6.07) is 5.46. The Morgan fingerprint density at radius 2 is 2.20 bits per heavy atom. The van der Waals surface area contributed by atoms with Crippen molar-refractivity contribution in [1.29, 1.82) is 0 Å². The highest BCUT2D eigenvalue weighted by atomic mass is 79.9. The summed E-state index contributed by atoms with van der Waals surface area (Å²) in [5, 5.41) is 5.06. The van der Waals surface area contributed by atoms with Crippen LogP contribution in [-0.4, -0.2) is 15.8 Å². The third kappa shape index (κ3) is 3.34. The Bertz CT molecular complexity index is 625. The quantitative estimate of drug-likeness (QED) is 0.904. The zero-order valence-electron chi connectivity index (χ0n) is 11.7. The van der Waals surface area contributed by atoms with Gasteiger partial charge in [-0.1, -0.05) is 11.6 Å². The van der Waals surface area contributed by atoms with Crippen LogP contribution in [0, 0.1) is 6.92 Å². The molecular formula is C14H17BrClN3O. The summed E-state index contributed by atoms with van der Waals surface area (Å²) >= 11 is 9.38. The van der Waals surface area contributed by atoms with E-state index in [1.807, 2.05) is 27.0 Å². The molecule has 1 aromatic carbocycles. The molecule has 1 unspecified atom stereocenters. The van der Waals surface area contributed by atoms with Crippen molar-refractivity contribution in [3.8, 4) is 11.6 Å². The molecule has 2 aromatic rings. The lowest BCUT2D eigenvalue weighted by atomic mass is 10.1. The number of halogens is 2. The van der Waals surface area contributed by atoms with Crippen molar-refractivity contribution in [3.63, 3.8) is 0 Å². The Hall–Kier alpha value is -1.04. The number of ether oxygens (including phenoxy) is 1. The number of hydrogen-bond acceptors (Lipinski definition) is 3. The molecule has 0 aliphatic carbocycles. The van der Waals surface area contributed by atoms with E-state index in [2.05, 4.69) is 21.0 Å². The molecule has 2 N–H and O–H groups in total. The molecule has 1 aromatic heterocycles. The first kappa shape index (κ1) is 15.4. The first-order valence-electron chi connectivity index (χ1n) is 6.29. The fraction of sp³-hybridized carbons (Fsp3) is 0.357. The molecule has 2 rings (SSSR count). The van der Waals surface area contributed by atoms with Crippen LogP contribution >= 0.6 is 27.5 Å². The molecule has 0 saturated carbocycles. The zero-order valence-corrected chi connectivity index (χ0v) is 14.0. The first-order chi connectivity index (χ1) is 9.38. The maximum atomic E-state index is 5.99. The predicted octanol–water partition coefficient (Wildman–Crippen LogP) is 3.83. The Morgan fingerprint density at radius 3 is 2.80 bits per heavy atom. The molecule has 20 heavy (non-hydrogen) atoms. The van der Waals surface area contributed by atoms with Gasteiger partial charge in [-0.2, -0.15) is 5.10 Å². The van der Waals surface area contributed by atoms with Gasteiger partial charge in [0, 0.05) is 23.7 Å². The Morgan fingerprint density at radius 1 is 1.50 bits per heavy atom. The van der Waals surface area contributed by atoms with Gasteiger partial charge in [0.25, 0.3) is 0 Å². The molecule has 0 aliphatic rings. The highest BCUT2D eigenvalue weighted by molar-refractivity contribution is 9.10. The summed E-state index contributed by atoms with van der Waals surface area (Å²) in [7, 11) is 1.86. The van der Waals surface area contributed by atoms with Crippen molar-refractivity contribution in [2.75, 3.05) is 0 Å². The first-order valence-corrected chi connectivity index (χ1v) is 7.46. The lowest BCUT2D eigenvalue weighted by molar-refractivity contribution is 0.422. The summed E-state index contributed by atoms with van der Waals surface area (Å²) in [6.45, 7) is 3.93. The predicted molar refractivity (Wildman–Crippen MR) is 84.5 cm³/mol. The molecule has 0 saturated heterocycles. The molecule has 0 aliphatic heterocycles. The molecule has 0 fully saturated rings. The number of hydrogen-bond donors (Lipinski definition) is 1. The van der Waals surface area contributed by atoms with Crippen LogP contribution in [0.25, 0.3) is 0 Å². The molecule has 1 atom stereocenters. The second-order valence-corrected chi connectivity index (χ2v) is 6.14. The Labute approximate surface area is 132 Å². The third-order valence-electron chi connectivity index (χ3n) is 2.92. The standard InChI is InChI=1S/C14H17BrClN3O/c1-8(17)6-11-9(2)18-19(3)14(11)20-13-5-4-10(16)7-12(13)15/h4-5,7-8H,6,17H2,1-3H3. The average molecular weight is 359 g/mol. The van der Waals surface area contributed by atoms with Crippen LogP contribution < -0.4 is 10.5 Å². The van der Waals surface area contributed by atoms with Crippen molar-refractivity contribution in [2.24, 2.45) is 12.8 Å². The van der Waals surface area contributed by atoms with Gasteiger partial charge in [0.05, 0.1) is 10.2 Å². The van der Waals surface area contributed by atoms with E-state index >= 15 is 0 Å². The summed E-state index contributed by atoms with van der Waals surface area (Å²) in [5.41, 5.74) is 7.86. The molecule has 4 nitrogen and oxygen atoms in total. The number of aromatic nitrogens is 2. The second-order valence-electron chi connectivity index (χ2n) is 4.85.